The highest BCUT2D eigenvalue weighted by molar-refractivity contribution is 6.07. The highest BCUT2D eigenvalue weighted by Gasteiger charge is 2.36. The van der Waals surface area contributed by atoms with Crippen molar-refractivity contribution in [2.45, 2.75) is 5.92 Å². The zero-order valence-electron chi connectivity index (χ0n) is 10.0. The summed E-state index contributed by atoms with van der Waals surface area (Å²) in [6.45, 7) is 0.173. The molecule has 2 heterocycles. The molecule has 0 saturated heterocycles. The van der Waals surface area contributed by atoms with Gasteiger partial charge < -0.3 is 15.0 Å². The molecular formula is C14H12N2O3. The van der Waals surface area contributed by atoms with Crippen molar-refractivity contribution < 1.29 is 14.7 Å². The lowest BCUT2D eigenvalue weighted by atomic mass is 10.0. The molecule has 96 valence electrons. The number of anilines is 1. The van der Waals surface area contributed by atoms with Crippen molar-refractivity contribution in [2.24, 2.45) is 0 Å². The van der Waals surface area contributed by atoms with Gasteiger partial charge in [-0.05, 0) is 23.8 Å². The van der Waals surface area contributed by atoms with Crippen LogP contribution in [0.25, 0.3) is 0 Å². The monoisotopic (exact) mass is 256 g/mol. The second-order valence-corrected chi connectivity index (χ2v) is 4.45. The summed E-state index contributed by atoms with van der Waals surface area (Å²) >= 11 is 0. The number of hydrogen-bond acceptors (Lipinski definition) is 2. The fourth-order valence-electron chi connectivity index (χ4n) is 2.42. The van der Waals surface area contributed by atoms with Crippen molar-refractivity contribution in [1.82, 2.24) is 4.98 Å². The minimum Gasteiger partial charge on any atom is -0.481 e. The molecule has 0 saturated carbocycles. The first kappa shape index (κ1) is 11.5. The van der Waals surface area contributed by atoms with Gasteiger partial charge >= 0.3 is 5.97 Å². The number of aromatic nitrogens is 1. The van der Waals surface area contributed by atoms with E-state index in [4.69, 9.17) is 0 Å². The van der Waals surface area contributed by atoms with E-state index in [1.165, 1.54) is 4.90 Å². The first-order chi connectivity index (χ1) is 9.18. The Balaban J connectivity index is 2.01. The molecule has 0 fully saturated rings. The highest BCUT2D eigenvalue weighted by atomic mass is 16.4. The van der Waals surface area contributed by atoms with Gasteiger partial charge in [0.05, 0.1) is 0 Å². The maximum absolute atomic E-state index is 12.3. The summed E-state index contributed by atoms with van der Waals surface area (Å²) in [7, 11) is 0. The smallest absolute Gasteiger partial charge is 0.312 e. The summed E-state index contributed by atoms with van der Waals surface area (Å²) in [5, 5.41) is 9.24. The van der Waals surface area contributed by atoms with Crippen LogP contribution in [0, 0.1) is 0 Å². The van der Waals surface area contributed by atoms with E-state index in [1.807, 2.05) is 0 Å². The molecule has 1 aliphatic heterocycles. The van der Waals surface area contributed by atoms with Gasteiger partial charge in [-0.3, -0.25) is 9.59 Å². The number of fused-ring (bicyclic) bond motifs is 1. The molecule has 2 N–H and O–H groups in total. The Kier molecular flexibility index (Phi) is 2.59. The SMILES string of the molecule is O=C(O)C1CN(C(=O)c2ccc[nH]2)c2ccccc21. The van der Waals surface area contributed by atoms with E-state index in [0.29, 0.717) is 16.9 Å². The summed E-state index contributed by atoms with van der Waals surface area (Å²) in [6, 6.07) is 10.5. The van der Waals surface area contributed by atoms with Crippen LogP contribution >= 0.6 is 0 Å². The van der Waals surface area contributed by atoms with E-state index in [-0.39, 0.29) is 12.5 Å². The first-order valence-electron chi connectivity index (χ1n) is 5.95. The van der Waals surface area contributed by atoms with Gasteiger partial charge in [0.15, 0.2) is 0 Å². The average Bonchev–Trinajstić information content (AvgIpc) is 3.05. The Morgan fingerprint density at radius 2 is 2.00 bits per heavy atom. The largest absolute Gasteiger partial charge is 0.481 e. The standard InChI is InChI=1S/C14H12N2O3/c17-13(11-5-3-7-15-11)16-8-10(14(18)19)9-4-1-2-6-12(9)16/h1-7,10,15H,8H2,(H,18,19). The Hall–Kier alpha value is -2.56. The maximum atomic E-state index is 12.3. The number of hydrogen-bond donors (Lipinski definition) is 2. The number of H-pyrrole nitrogens is 1. The van der Waals surface area contributed by atoms with E-state index in [0.717, 1.165) is 0 Å². The number of rotatable bonds is 2. The van der Waals surface area contributed by atoms with Crippen molar-refractivity contribution in [3.8, 4) is 0 Å². The Morgan fingerprint density at radius 1 is 1.21 bits per heavy atom. The second kappa shape index (κ2) is 4.28. The van der Waals surface area contributed by atoms with Gasteiger partial charge in [-0.15, -0.1) is 0 Å². The molecule has 19 heavy (non-hydrogen) atoms. The van der Waals surface area contributed by atoms with Crippen molar-refractivity contribution in [2.75, 3.05) is 11.4 Å². The third kappa shape index (κ3) is 1.79. The fraction of sp³-hybridized carbons (Fsp3) is 0.143. The zero-order valence-corrected chi connectivity index (χ0v) is 10.0. The summed E-state index contributed by atoms with van der Waals surface area (Å²) in [5.74, 6) is -1.77. The fourth-order valence-corrected chi connectivity index (χ4v) is 2.42. The topological polar surface area (TPSA) is 73.4 Å². The lowest BCUT2D eigenvalue weighted by molar-refractivity contribution is -0.138. The lowest BCUT2D eigenvalue weighted by Gasteiger charge is -2.16. The van der Waals surface area contributed by atoms with Crippen LogP contribution in [0.3, 0.4) is 0 Å². The maximum Gasteiger partial charge on any atom is 0.312 e. The summed E-state index contributed by atoms with van der Waals surface area (Å²) < 4.78 is 0. The number of aromatic amines is 1. The predicted molar refractivity (Wildman–Crippen MR) is 69.3 cm³/mol. The van der Waals surface area contributed by atoms with Crippen LogP contribution in [0.2, 0.25) is 0 Å². The molecule has 0 radical (unpaired) electrons. The number of aliphatic carboxylic acids is 1. The molecule has 1 amide bonds. The molecule has 1 aliphatic rings. The number of para-hydroxylation sites is 1. The number of carbonyl (C=O) groups excluding carboxylic acids is 1. The molecule has 5 nitrogen and oxygen atoms in total. The molecule has 3 rings (SSSR count). The van der Waals surface area contributed by atoms with E-state index >= 15 is 0 Å². The van der Waals surface area contributed by atoms with Gasteiger partial charge in [0, 0.05) is 18.4 Å². The van der Waals surface area contributed by atoms with Crippen LogP contribution in [-0.2, 0) is 4.79 Å². The minimum absolute atomic E-state index is 0.173. The summed E-state index contributed by atoms with van der Waals surface area (Å²) in [5.41, 5.74) is 1.82. The normalized spacial score (nSPS) is 17.3. The molecule has 2 aromatic rings. The van der Waals surface area contributed by atoms with E-state index < -0.39 is 11.9 Å². The van der Waals surface area contributed by atoms with Gasteiger partial charge in [0.25, 0.3) is 5.91 Å². The quantitative estimate of drug-likeness (QED) is 0.861. The van der Waals surface area contributed by atoms with E-state index in [2.05, 4.69) is 4.98 Å². The Morgan fingerprint density at radius 3 is 2.68 bits per heavy atom. The third-order valence-corrected chi connectivity index (χ3v) is 3.34. The number of amides is 1. The van der Waals surface area contributed by atoms with Crippen LogP contribution < -0.4 is 4.90 Å². The molecule has 0 aliphatic carbocycles. The van der Waals surface area contributed by atoms with E-state index in [9.17, 15) is 14.7 Å². The number of nitrogens with one attached hydrogen (secondary N) is 1. The van der Waals surface area contributed by atoms with Gasteiger partial charge in [-0.25, -0.2) is 0 Å². The third-order valence-electron chi connectivity index (χ3n) is 3.34. The first-order valence-corrected chi connectivity index (χ1v) is 5.95. The van der Waals surface area contributed by atoms with Crippen molar-refractivity contribution in [3.63, 3.8) is 0 Å². The molecule has 1 aromatic carbocycles. The van der Waals surface area contributed by atoms with Crippen LogP contribution in [-0.4, -0.2) is 28.5 Å². The average molecular weight is 256 g/mol. The summed E-state index contributed by atoms with van der Waals surface area (Å²) in [4.78, 5) is 28.0. The number of carboxylic acid groups (broad SMARTS) is 1. The number of carbonyl (C=O) groups is 2. The van der Waals surface area contributed by atoms with Crippen molar-refractivity contribution in [3.05, 3.63) is 53.9 Å². The number of carboxylic acids is 1. The van der Waals surface area contributed by atoms with Gasteiger partial charge in [0.1, 0.15) is 11.6 Å². The highest BCUT2D eigenvalue weighted by Crippen LogP contribution is 2.36. The molecular weight excluding hydrogens is 244 g/mol. The lowest BCUT2D eigenvalue weighted by Crippen LogP contribution is -2.31. The zero-order chi connectivity index (χ0) is 13.4. The summed E-state index contributed by atoms with van der Waals surface area (Å²) in [6.07, 6.45) is 1.67. The van der Waals surface area contributed by atoms with Crippen LogP contribution in [0.15, 0.2) is 42.6 Å². The molecule has 1 atom stereocenters. The number of benzene rings is 1. The van der Waals surface area contributed by atoms with Crippen LogP contribution in [0.4, 0.5) is 5.69 Å². The van der Waals surface area contributed by atoms with E-state index in [1.54, 1.807) is 42.6 Å². The van der Waals surface area contributed by atoms with Gasteiger partial charge in [-0.1, -0.05) is 18.2 Å². The van der Waals surface area contributed by atoms with Crippen molar-refractivity contribution >= 4 is 17.6 Å². The van der Waals surface area contributed by atoms with Crippen molar-refractivity contribution in [1.29, 1.82) is 0 Å². The minimum atomic E-state index is -0.908. The molecule has 0 bridgehead atoms. The Bertz CT molecular complexity index is 634. The van der Waals surface area contributed by atoms with Gasteiger partial charge in [-0.2, -0.15) is 0 Å². The Labute approximate surface area is 109 Å². The molecule has 1 unspecified atom stereocenters. The van der Waals surface area contributed by atoms with Gasteiger partial charge in [0.2, 0.25) is 0 Å². The number of nitrogens with zero attached hydrogens (tertiary/aromatic N) is 1. The second-order valence-electron chi connectivity index (χ2n) is 4.45. The molecule has 5 heteroatoms. The molecule has 0 spiro atoms. The predicted octanol–water partition coefficient (Wildman–Crippen LogP) is 1.84. The van der Waals surface area contributed by atoms with Crippen LogP contribution in [0.5, 0.6) is 0 Å². The molecule has 1 aromatic heterocycles. The van der Waals surface area contributed by atoms with Crippen LogP contribution in [0.1, 0.15) is 22.0 Å².